The summed E-state index contributed by atoms with van der Waals surface area (Å²) in [6, 6.07) is 0. The van der Waals surface area contributed by atoms with Gasteiger partial charge >= 0.3 is 7.82 Å². The average Bonchev–Trinajstić information content (AvgIpc) is 2.42. The third-order valence-electron chi connectivity index (χ3n) is 1.96. The molecule has 0 heterocycles. The molecule has 0 aromatic rings. The first-order valence-corrected chi connectivity index (χ1v) is 7.98. The topological polar surface area (TPSA) is 73.9 Å². The number of nitrogens with one attached hydrogen (secondary N) is 1. The fourth-order valence-corrected chi connectivity index (χ4v) is 2.44. The van der Waals surface area contributed by atoms with Gasteiger partial charge in [-0.2, -0.15) is 0 Å². The molecular formula is C12H24NO5P. The fraction of sp³-hybridized carbons (Fsp3) is 0.750. The highest BCUT2D eigenvalue weighted by molar-refractivity contribution is 7.48. The minimum Gasteiger partial charge on any atom is -0.352 e. The van der Waals surface area contributed by atoms with E-state index in [4.69, 9.17) is 13.6 Å². The monoisotopic (exact) mass is 293 g/mol. The van der Waals surface area contributed by atoms with E-state index < -0.39 is 7.82 Å². The van der Waals surface area contributed by atoms with Crippen molar-refractivity contribution in [1.29, 1.82) is 0 Å². The molecule has 0 radical (unpaired) electrons. The molecule has 0 fully saturated rings. The second-order valence-corrected chi connectivity index (χ2v) is 5.46. The predicted molar refractivity (Wildman–Crippen MR) is 73.9 cm³/mol. The summed E-state index contributed by atoms with van der Waals surface area (Å²) < 4.78 is 27.6. The Kier molecular flexibility index (Phi) is 10.8. The summed E-state index contributed by atoms with van der Waals surface area (Å²) in [6.07, 6.45) is 3.19. The number of phosphoric acid groups is 1. The molecule has 0 aromatic carbocycles. The van der Waals surface area contributed by atoms with Crippen molar-refractivity contribution in [2.75, 3.05) is 26.4 Å². The van der Waals surface area contributed by atoms with Crippen molar-refractivity contribution in [2.24, 2.45) is 0 Å². The summed E-state index contributed by atoms with van der Waals surface area (Å²) in [5.41, 5.74) is 0. The van der Waals surface area contributed by atoms with Crippen molar-refractivity contribution in [1.82, 2.24) is 5.32 Å². The first-order chi connectivity index (χ1) is 9.08. The van der Waals surface area contributed by atoms with Gasteiger partial charge in [-0.1, -0.05) is 20.4 Å². The molecule has 0 bridgehead atoms. The van der Waals surface area contributed by atoms with Gasteiger partial charge in [0.1, 0.15) is 0 Å². The molecule has 0 saturated carbocycles. The van der Waals surface area contributed by atoms with E-state index in [1.54, 1.807) is 0 Å². The Hall–Kier alpha value is -0.680. The van der Waals surface area contributed by atoms with Crippen LogP contribution in [0.1, 0.15) is 33.1 Å². The largest absolute Gasteiger partial charge is 0.474 e. The zero-order chi connectivity index (χ0) is 14.6. The first kappa shape index (κ1) is 18.3. The maximum atomic E-state index is 12.1. The van der Waals surface area contributed by atoms with E-state index in [-0.39, 0.29) is 12.5 Å². The maximum Gasteiger partial charge on any atom is 0.474 e. The lowest BCUT2D eigenvalue weighted by Crippen LogP contribution is -2.22. The van der Waals surface area contributed by atoms with E-state index in [1.165, 1.54) is 6.08 Å². The average molecular weight is 293 g/mol. The second kappa shape index (κ2) is 11.2. The zero-order valence-electron chi connectivity index (χ0n) is 11.7. The van der Waals surface area contributed by atoms with Gasteiger partial charge in [0, 0.05) is 6.54 Å². The van der Waals surface area contributed by atoms with Crippen LogP contribution >= 0.6 is 7.82 Å². The Balaban J connectivity index is 3.94. The third kappa shape index (κ3) is 9.85. The molecule has 6 nitrogen and oxygen atoms in total. The van der Waals surface area contributed by atoms with Gasteiger partial charge in [0.25, 0.3) is 0 Å². The number of amides is 1. The summed E-state index contributed by atoms with van der Waals surface area (Å²) in [6.45, 7) is 8.44. The smallest absolute Gasteiger partial charge is 0.352 e. The molecule has 0 unspecified atom stereocenters. The SMILES string of the molecule is C=CC(=O)NCCCOP(=O)(OCCC)OCCC. The van der Waals surface area contributed by atoms with E-state index >= 15 is 0 Å². The highest BCUT2D eigenvalue weighted by atomic mass is 31.2. The Bertz CT molecular complexity index is 296. The summed E-state index contributed by atoms with van der Waals surface area (Å²) in [7, 11) is -3.46. The van der Waals surface area contributed by atoms with Gasteiger partial charge in [0.2, 0.25) is 5.91 Å². The molecule has 0 rings (SSSR count). The number of phosphoric ester groups is 1. The van der Waals surface area contributed by atoms with Gasteiger partial charge < -0.3 is 5.32 Å². The summed E-state index contributed by atoms with van der Waals surface area (Å²) in [4.78, 5) is 10.9. The molecule has 1 N–H and O–H groups in total. The van der Waals surface area contributed by atoms with E-state index in [2.05, 4.69) is 11.9 Å². The van der Waals surface area contributed by atoms with E-state index in [1.807, 2.05) is 13.8 Å². The van der Waals surface area contributed by atoms with Crippen molar-refractivity contribution in [2.45, 2.75) is 33.1 Å². The number of carbonyl (C=O) groups excluding carboxylic acids is 1. The predicted octanol–water partition coefficient (Wildman–Crippen LogP) is 2.66. The van der Waals surface area contributed by atoms with Gasteiger partial charge in [-0.3, -0.25) is 18.4 Å². The first-order valence-electron chi connectivity index (χ1n) is 6.52. The number of carbonyl (C=O) groups is 1. The van der Waals surface area contributed by atoms with E-state index in [0.29, 0.717) is 26.2 Å². The normalized spacial score (nSPS) is 11.3. The van der Waals surface area contributed by atoms with Gasteiger partial charge in [-0.25, -0.2) is 4.57 Å². The van der Waals surface area contributed by atoms with Crippen molar-refractivity contribution >= 4 is 13.7 Å². The lowest BCUT2D eigenvalue weighted by atomic mass is 10.4. The second-order valence-electron chi connectivity index (χ2n) is 3.80. The molecule has 0 aromatic heterocycles. The van der Waals surface area contributed by atoms with Crippen LogP contribution in [0.4, 0.5) is 0 Å². The standard InChI is InChI=1S/C12H24NO5P/c1-4-9-16-19(15,17-10-5-2)18-11-7-8-13-12(14)6-3/h6H,3-5,7-11H2,1-2H3,(H,13,14). The lowest BCUT2D eigenvalue weighted by molar-refractivity contribution is -0.116. The van der Waals surface area contributed by atoms with Crippen LogP contribution in [0.15, 0.2) is 12.7 Å². The van der Waals surface area contributed by atoms with Gasteiger partial charge in [0.15, 0.2) is 0 Å². The number of rotatable bonds is 12. The molecule has 112 valence electrons. The molecule has 0 atom stereocenters. The van der Waals surface area contributed by atoms with Crippen LogP contribution in [0.5, 0.6) is 0 Å². The summed E-state index contributed by atoms with van der Waals surface area (Å²) in [5.74, 6) is -0.243. The van der Waals surface area contributed by atoms with Crippen LogP contribution in [-0.2, 0) is 22.9 Å². The minimum absolute atomic E-state index is 0.197. The highest BCUT2D eigenvalue weighted by Crippen LogP contribution is 2.49. The van der Waals surface area contributed by atoms with E-state index in [9.17, 15) is 9.36 Å². The zero-order valence-corrected chi connectivity index (χ0v) is 12.6. The fourth-order valence-electron chi connectivity index (χ4n) is 1.05. The Labute approximate surface area is 115 Å². The molecule has 0 spiro atoms. The molecule has 19 heavy (non-hydrogen) atoms. The lowest BCUT2D eigenvalue weighted by Gasteiger charge is -2.17. The van der Waals surface area contributed by atoms with E-state index in [0.717, 1.165) is 12.8 Å². The number of hydrogen-bond acceptors (Lipinski definition) is 5. The molecule has 0 aliphatic heterocycles. The molecule has 7 heteroatoms. The molecular weight excluding hydrogens is 269 g/mol. The Morgan fingerprint density at radius 3 is 2.16 bits per heavy atom. The minimum atomic E-state index is -3.46. The van der Waals surface area contributed by atoms with Crippen LogP contribution in [0.2, 0.25) is 0 Å². The summed E-state index contributed by atoms with van der Waals surface area (Å²) >= 11 is 0. The quantitative estimate of drug-likeness (QED) is 0.340. The number of hydrogen-bond donors (Lipinski definition) is 1. The highest BCUT2D eigenvalue weighted by Gasteiger charge is 2.25. The van der Waals surface area contributed by atoms with Crippen LogP contribution in [0.3, 0.4) is 0 Å². The Morgan fingerprint density at radius 1 is 1.16 bits per heavy atom. The molecule has 0 aliphatic carbocycles. The van der Waals surface area contributed by atoms with Crippen molar-refractivity contribution in [3.63, 3.8) is 0 Å². The Morgan fingerprint density at radius 2 is 1.68 bits per heavy atom. The van der Waals surface area contributed by atoms with Gasteiger partial charge in [-0.05, 0) is 25.3 Å². The maximum absolute atomic E-state index is 12.1. The van der Waals surface area contributed by atoms with Crippen molar-refractivity contribution in [3.05, 3.63) is 12.7 Å². The van der Waals surface area contributed by atoms with Gasteiger partial charge in [-0.15, -0.1) is 0 Å². The van der Waals surface area contributed by atoms with Crippen LogP contribution < -0.4 is 5.32 Å². The van der Waals surface area contributed by atoms with Gasteiger partial charge in [0.05, 0.1) is 19.8 Å². The van der Waals surface area contributed by atoms with Crippen molar-refractivity contribution < 1.29 is 22.9 Å². The van der Waals surface area contributed by atoms with Crippen LogP contribution in [0.25, 0.3) is 0 Å². The van der Waals surface area contributed by atoms with Crippen molar-refractivity contribution in [3.8, 4) is 0 Å². The van der Waals surface area contributed by atoms with Crippen LogP contribution in [-0.4, -0.2) is 32.3 Å². The molecule has 1 amide bonds. The van der Waals surface area contributed by atoms with Crippen LogP contribution in [0, 0.1) is 0 Å². The summed E-state index contributed by atoms with van der Waals surface area (Å²) in [5, 5.41) is 2.60. The molecule has 0 aliphatic rings. The third-order valence-corrected chi connectivity index (χ3v) is 3.46. The molecule has 0 saturated heterocycles.